The molecular weight excluding hydrogens is 262 g/mol. The third-order valence-electron chi connectivity index (χ3n) is 2.55. The number of aromatic nitrogens is 1. The van der Waals surface area contributed by atoms with Crippen LogP contribution in [-0.4, -0.2) is 22.7 Å². The van der Waals surface area contributed by atoms with E-state index in [9.17, 15) is 9.90 Å². The van der Waals surface area contributed by atoms with E-state index < -0.39 is 12.1 Å². The molecule has 1 N–H and O–H groups in total. The van der Waals surface area contributed by atoms with Gasteiger partial charge in [0.05, 0.1) is 18.7 Å². The molecule has 5 heteroatoms. The second-order valence-corrected chi connectivity index (χ2v) is 4.83. The van der Waals surface area contributed by atoms with Gasteiger partial charge in [-0.25, -0.2) is 4.98 Å². The standard InChI is InChI=1S/C14H15NO3S/c1-2-18-13(17)8-12(16)11-9-19-14(15-11)10-6-4-3-5-7-10/h3-7,9,12,16H,2,8H2,1H3/t12-/m1/s1. The Hall–Kier alpha value is -1.72. The number of aliphatic hydroxyl groups is 1. The Morgan fingerprint density at radius 1 is 1.42 bits per heavy atom. The van der Waals surface area contributed by atoms with Gasteiger partial charge in [0.15, 0.2) is 0 Å². The first-order valence-electron chi connectivity index (χ1n) is 6.05. The topological polar surface area (TPSA) is 59.4 Å². The summed E-state index contributed by atoms with van der Waals surface area (Å²) >= 11 is 1.45. The number of carbonyl (C=O) groups is 1. The summed E-state index contributed by atoms with van der Waals surface area (Å²) in [6.45, 7) is 2.05. The molecule has 0 bridgehead atoms. The lowest BCUT2D eigenvalue weighted by molar-refractivity contribution is -0.145. The summed E-state index contributed by atoms with van der Waals surface area (Å²) in [5, 5.41) is 12.5. The van der Waals surface area contributed by atoms with Crippen molar-refractivity contribution < 1.29 is 14.6 Å². The van der Waals surface area contributed by atoms with Crippen molar-refractivity contribution in [3.63, 3.8) is 0 Å². The number of rotatable bonds is 5. The zero-order chi connectivity index (χ0) is 13.7. The average Bonchev–Trinajstić information content (AvgIpc) is 2.89. The smallest absolute Gasteiger partial charge is 0.308 e. The monoisotopic (exact) mass is 277 g/mol. The van der Waals surface area contributed by atoms with E-state index in [-0.39, 0.29) is 6.42 Å². The number of hydrogen-bond acceptors (Lipinski definition) is 5. The minimum Gasteiger partial charge on any atom is -0.466 e. The van der Waals surface area contributed by atoms with Crippen LogP contribution < -0.4 is 0 Å². The molecule has 1 aromatic heterocycles. The molecule has 1 atom stereocenters. The zero-order valence-electron chi connectivity index (χ0n) is 10.6. The van der Waals surface area contributed by atoms with Crippen LogP contribution in [0.25, 0.3) is 10.6 Å². The molecule has 0 aliphatic carbocycles. The molecule has 0 aliphatic rings. The molecule has 4 nitrogen and oxygen atoms in total. The van der Waals surface area contributed by atoms with Crippen molar-refractivity contribution in [3.8, 4) is 10.6 Å². The first-order valence-corrected chi connectivity index (χ1v) is 6.93. The van der Waals surface area contributed by atoms with Crippen molar-refractivity contribution in [3.05, 3.63) is 41.4 Å². The van der Waals surface area contributed by atoms with Crippen LogP contribution >= 0.6 is 11.3 Å². The van der Waals surface area contributed by atoms with Crippen LogP contribution in [0.1, 0.15) is 25.1 Å². The predicted molar refractivity (Wildman–Crippen MR) is 73.8 cm³/mol. The highest BCUT2D eigenvalue weighted by molar-refractivity contribution is 7.13. The lowest BCUT2D eigenvalue weighted by atomic mass is 10.2. The molecule has 0 radical (unpaired) electrons. The third kappa shape index (κ3) is 3.62. The Bertz CT molecular complexity index is 539. The SMILES string of the molecule is CCOC(=O)C[C@@H](O)c1csc(-c2ccccc2)n1. The second kappa shape index (κ2) is 6.45. The molecule has 0 spiro atoms. The number of nitrogens with zero attached hydrogens (tertiary/aromatic N) is 1. The number of ether oxygens (including phenoxy) is 1. The summed E-state index contributed by atoms with van der Waals surface area (Å²) < 4.78 is 4.80. The Labute approximate surface area is 115 Å². The van der Waals surface area contributed by atoms with Crippen molar-refractivity contribution in [2.24, 2.45) is 0 Å². The number of benzene rings is 1. The third-order valence-corrected chi connectivity index (χ3v) is 3.46. The average molecular weight is 277 g/mol. The highest BCUT2D eigenvalue weighted by atomic mass is 32.1. The second-order valence-electron chi connectivity index (χ2n) is 3.97. The van der Waals surface area contributed by atoms with Crippen molar-refractivity contribution >= 4 is 17.3 Å². The summed E-state index contributed by atoms with van der Waals surface area (Å²) in [7, 11) is 0. The van der Waals surface area contributed by atoms with Gasteiger partial charge in [0.25, 0.3) is 0 Å². The van der Waals surface area contributed by atoms with Crippen LogP contribution in [0.2, 0.25) is 0 Å². The van der Waals surface area contributed by atoms with Crippen molar-refractivity contribution in [2.75, 3.05) is 6.61 Å². The van der Waals surface area contributed by atoms with Gasteiger partial charge in [-0.2, -0.15) is 0 Å². The van der Waals surface area contributed by atoms with Crippen LogP contribution in [0, 0.1) is 0 Å². The number of aliphatic hydroxyl groups excluding tert-OH is 1. The maximum atomic E-state index is 11.3. The quantitative estimate of drug-likeness (QED) is 0.854. The van der Waals surface area contributed by atoms with Crippen molar-refractivity contribution in [1.82, 2.24) is 4.98 Å². The van der Waals surface area contributed by atoms with E-state index in [0.29, 0.717) is 12.3 Å². The Balaban J connectivity index is 2.07. The van der Waals surface area contributed by atoms with E-state index in [1.807, 2.05) is 30.3 Å². The van der Waals surface area contributed by atoms with Gasteiger partial charge in [-0.05, 0) is 6.92 Å². The maximum Gasteiger partial charge on any atom is 0.308 e. The molecule has 0 fully saturated rings. The lowest BCUT2D eigenvalue weighted by Crippen LogP contribution is -2.10. The maximum absolute atomic E-state index is 11.3. The fourth-order valence-electron chi connectivity index (χ4n) is 1.63. The molecule has 1 heterocycles. The summed E-state index contributed by atoms with van der Waals surface area (Å²) in [5.41, 5.74) is 1.51. The van der Waals surface area contributed by atoms with Crippen LogP contribution in [0.3, 0.4) is 0 Å². The van der Waals surface area contributed by atoms with Gasteiger partial charge in [-0.1, -0.05) is 30.3 Å². The van der Waals surface area contributed by atoms with Gasteiger partial charge in [0.1, 0.15) is 11.1 Å². The van der Waals surface area contributed by atoms with Gasteiger partial charge >= 0.3 is 5.97 Å². The highest BCUT2D eigenvalue weighted by Gasteiger charge is 2.17. The summed E-state index contributed by atoms with van der Waals surface area (Å²) in [6.07, 6.45) is -0.973. The van der Waals surface area contributed by atoms with E-state index in [0.717, 1.165) is 10.6 Å². The molecule has 2 rings (SSSR count). The molecule has 0 aliphatic heterocycles. The van der Waals surface area contributed by atoms with Crippen molar-refractivity contribution in [1.29, 1.82) is 0 Å². The minimum atomic E-state index is -0.909. The zero-order valence-corrected chi connectivity index (χ0v) is 11.4. The number of carbonyl (C=O) groups excluding carboxylic acids is 1. The Morgan fingerprint density at radius 2 is 2.16 bits per heavy atom. The Morgan fingerprint density at radius 3 is 2.84 bits per heavy atom. The van der Waals surface area contributed by atoms with E-state index >= 15 is 0 Å². The summed E-state index contributed by atoms with van der Waals surface area (Å²) in [5.74, 6) is -0.413. The van der Waals surface area contributed by atoms with Crippen LogP contribution in [-0.2, 0) is 9.53 Å². The molecule has 0 saturated heterocycles. The molecule has 2 aromatic rings. The number of esters is 1. The van der Waals surface area contributed by atoms with Gasteiger partial charge in [-0.3, -0.25) is 4.79 Å². The molecule has 19 heavy (non-hydrogen) atoms. The largest absolute Gasteiger partial charge is 0.466 e. The Kier molecular flexibility index (Phi) is 4.65. The molecule has 1 aromatic carbocycles. The first-order chi connectivity index (χ1) is 9.20. The lowest BCUT2D eigenvalue weighted by Gasteiger charge is -2.06. The van der Waals surface area contributed by atoms with E-state index in [1.165, 1.54) is 11.3 Å². The van der Waals surface area contributed by atoms with Crippen LogP contribution in [0.5, 0.6) is 0 Å². The molecule has 0 amide bonds. The molecular formula is C14H15NO3S. The van der Waals surface area contributed by atoms with E-state index in [4.69, 9.17) is 4.74 Å². The van der Waals surface area contributed by atoms with Crippen molar-refractivity contribution in [2.45, 2.75) is 19.4 Å². The summed E-state index contributed by atoms with van der Waals surface area (Å²) in [4.78, 5) is 15.7. The normalized spacial score (nSPS) is 12.1. The molecule has 100 valence electrons. The minimum absolute atomic E-state index is 0.0637. The number of thiazole rings is 1. The predicted octanol–water partition coefficient (Wildman–Crippen LogP) is 2.80. The highest BCUT2D eigenvalue weighted by Crippen LogP contribution is 2.27. The summed E-state index contributed by atoms with van der Waals surface area (Å²) in [6, 6.07) is 9.73. The van der Waals surface area contributed by atoms with Crippen LogP contribution in [0.4, 0.5) is 0 Å². The molecule has 0 unspecified atom stereocenters. The van der Waals surface area contributed by atoms with Crippen LogP contribution in [0.15, 0.2) is 35.7 Å². The number of hydrogen-bond donors (Lipinski definition) is 1. The fraction of sp³-hybridized carbons (Fsp3) is 0.286. The van der Waals surface area contributed by atoms with E-state index in [1.54, 1.807) is 12.3 Å². The molecule has 0 saturated carbocycles. The fourth-order valence-corrected chi connectivity index (χ4v) is 2.51. The van der Waals surface area contributed by atoms with Gasteiger partial charge in [0.2, 0.25) is 0 Å². The first kappa shape index (κ1) is 13.7. The van der Waals surface area contributed by atoms with Gasteiger partial charge < -0.3 is 9.84 Å². The van der Waals surface area contributed by atoms with Gasteiger partial charge in [0, 0.05) is 10.9 Å². The van der Waals surface area contributed by atoms with Gasteiger partial charge in [-0.15, -0.1) is 11.3 Å². The van der Waals surface area contributed by atoms with E-state index in [2.05, 4.69) is 4.98 Å².